The highest BCUT2D eigenvalue weighted by molar-refractivity contribution is 6.02. The van der Waals surface area contributed by atoms with E-state index in [0.29, 0.717) is 22.6 Å². The molecule has 0 aliphatic heterocycles. The van der Waals surface area contributed by atoms with E-state index in [1.807, 2.05) is 54.6 Å². The maximum absolute atomic E-state index is 12.5. The van der Waals surface area contributed by atoms with Gasteiger partial charge in [0.25, 0.3) is 0 Å². The van der Waals surface area contributed by atoms with Crippen molar-refractivity contribution in [1.29, 1.82) is 0 Å². The van der Waals surface area contributed by atoms with Gasteiger partial charge in [0.15, 0.2) is 12.4 Å². The molecule has 0 fully saturated rings. The molecule has 0 aliphatic carbocycles. The third-order valence-electron chi connectivity index (χ3n) is 4.75. The molecule has 0 radical (unpaired) electrons. The normalized spacial score (nSPS) is 10.5. The van der Waals surface area contributed by atoms with Crippen LogP contribution >= 0.6 is 0 Å². The lowest BCUT2D eigenvalue weighted by molar-refractivity contribution is 0.0474. The number of benzene rings is 4. The van der Waals surface area contributed by atoms with Gasteiger partial charge in [0, 0.05) is 5.56 Å². The predicted octanol–water partition coefficient (Wildman–Crippen LogP) is 5.68. The van der Waals surface area contributed by atoms with Gasteiger partial charge >= 0.3 is 5.97 Å². The molecule has 0 aromatic heterocycles. The van der Waals surface area contributed by atoms with Gasteiger partial charge < -0.3 is 14.2 Å². The summed E-state index contributed by atoms with van der Waals surface area (Å²) in [5, 5.41) is 1.87. The Morgan fingerprint density at radius 1 is 0.677 bits per heavy atom. The molecule has 0 N–H and O–H groups in total. The van der Waals surface area contributed by atoms with Gasteiger partial charge in [-0.05, 0) is 59.3 Å². The lowest BCUT2D eigenvalue weighted by atomic mass is 10.0. The van der Waals surface area contributed by atoms with Crippen molar-refractivity contribution in [1.82, 2.24) is 0 Å². The Morgan fingerprint density at radius 3 is 2.23 bits per heavy atom. The summed E-state index contributed by atoms with van der Waals surface area (Å²) < 4.78 is 16.2. The van der Waals surface area contributed by atoms with Crippen molar-refractivity contribution in [2.75, 3.05) is 13.7 Å². The summed E-state index contributed by atoms with van der Waals surface area (Å²) in [5.74, 6) is 1.06. The van der Waals surface area contributed by atoms with Crippen LogP contribution in [-0.4, -0.2) is 25.5 Å². The Kier molecular flexibility index (Phi) is 5.94. The zero-order chi connectivity index (χ0) is 21.6. The lowest BCUT2D eigenvalue weighted by Gasteiger charge is -2.08. The van der Waals surface area contributed by atoms with Crippen LogP contribution in [0.15, 0.2) is 91.0 Å². The SMILES string of the molecule is COc1ccc2cc(C(=O)COC(=O)c3cccc(Oc4ccccc4)c3)ccc2c1. The van der Waals surface area contributed by atoms with Crippen molar-refractivity contribution < 1.29 is 23.8 Å². The molecule has 0 spiro atoms. The molecule has 0 saturated heterocycles. The third-order valence-corrected chi connectivity index (χ3v) is 4.75. The summed E-state index contributed by atoms with van der Waals surface area (Å²) in [5.41, 5.74) is 0.790. The van der Waals surface area contributed by atoms with E-state index in [-0.39, 0.29) is 12.4 Å². The standard InChI is InChI=1S/C26H20O5/c1-29-23-13-12-18-14-20(11-10-19(18)15-23)25(27)17-30-26(28)21-6-5-9-24(16-21)31-22-7-3-2-4-8-22/h2-16H,17H2,1H3. The van der Waals surface area contributed by atoms with Crippen LogP contribution in [-0.2, 0) is 4.74 Å². The van der Waals surface area contributed by atoms with Gasteiger partial charge in [-0.1, -0.05) is 42.5 Å². The molecule has 154 valence electrons. The molecule has 0 heterocycles. The molecule has 5 nitrogen and oxygen atoms in total. The molecule has 4 rings (SSSR count). The third kappa shape index (κ3) is 4.90. The first-order chi connectivity index (χ1) is 15.1. The average Bonchev–Trinajstić information content (AvgIpc) is 2.82. The number of hydrogen-bond donors (Lipinski definition) is 0. The van der Waals surface area contributed by atoms with Gasteiger partial charge in [-0.25, -0.2) is 4.79 Å². The van der Waals surface area contributed by atoms with Crippen molar-refractivity contribution in [2.45, 2.75) is 0 Å². The summed E-state index contributed by atoms with van der Waals surface area (Å²) in [4.78, 5) is 25.0. The Hall–Kier alpha value is -4.12. The predicted molar refractivity (Wildman–Crippen MR) is 118 cm³/mol. The van der Waals surface area contributed by atoms with E-state index in [1.165, 1.54) is 0 Å². The molecule has 0 unspecified atom stereocenters. The van der Waals surface area contributed by atoms with Crippen molar-refractivity contribution >= 4 is 22.5 Å². The zero-order valence-electron chi connectivity index (χ0n) is 16.9. The van der Waals surface area contributed by atoms with E-state index in [1.54, 1.807) is 43.5 Å². The summed E-state index contributed by atoms with van der Waals surface area (Å²) in [6.07, 6.45) is 0. The zero-order valence-corrected chi connectivity index (χ0v) is 16.9. The minimum atomic E-state index is -0.586. The van der Waals surface area contributed by atoms with E-state index >= 15 is 0 Å². The number of esters is 1. The molecular formula is C26H20O5. The highest BCUT2D eigenvalue weighted by Crippen LogP contribution is 2.23. The molecule has 0 amide bonds. The minimum absolute atomic E-state index is 0.275. The van der Waals surface area contributed by atoms with Gasteiger partial charge in [0.05, 0.1) is 12.7 Å². The summed E-state index contributed by atoms with van der Waals surface area (Å²) in [7, 11) is 1.61. The van der Waals surface area contributed by atoms with Crippen LogP contribution in [0.2, 0.25) is 0 Å². The Bertz CT molecular complexity index is 1230. The van der Waals surface area contributed by atoms with E-state index in [4.69, 9.17) is 14.2 Å². The number of rotatable bonds is 7. The van der Waals surface area contributed by atoms with Crippen molar-refractivity contribution in [3.05, 3.63) is 102 Å². The highest BCUT2D eigenvalue weighted by atomic mass is 16.5. The highest BCUT2D eigenvalue weighted by Gasteiger charge is 2.13. The Morgan fingerprint density at radius 2 is 1.42 bits per heavy atom. The number of Topliss-reactive ketones (excluding diaryl/α,β-unsaturated/α-hetero) is 1. The van der Waals surface area contributed by atoms with E-state index in [2.05, 4.69) is 0 Å². The molecule has 0 atom stereocenters. The molecule has 4 aromatic carbocycles. The number of para-hydroxylation sites is 1. The van der Waals surface area contributed by atoms with Crippen LogP contribution in [0.3, 0.4) is 0 Å². The van der Waals surface area contributed by atoms with Crippen LogP contribution < -0.4 is 9.47 Å². The summed E-state index contributed by atoms with van der Waals surface area (Å²) in [6.45, 7) is -0.343. The summed E-state index contributed by atoms with van der Waals surface area (Å²) >= 11 is 0. The van der Waals surface area contributed by atoms with Crippen LogP contribution in [0.25, 0.3) is 10.8 Å². The monoisotopic (exact) mass is 412 g/mol. The smallest absolute Gasteiger partial charge is 0.338 e. The molecule has 5 heteroatoms. The van der Waals surface area contributed by atoms with E-state index in [0.717, 1.165) is 16.5 Å². The first kappa shape index (κ1) is 20.2. The second kappa shape index (κ2) is 9.13. The fraction of sp³-hybridized carbons (Fsp3) is 0.0769. The van der Waals surface area contributed by atoms with Crippen molar-refractivity contribution in [3.63, 3.8) is 0 Å². The Balaban J connectivity index is 1.41. The second-order valence-corrected chi connectivity index (χ2v) is 6.87. The summed E-state index contributed by atoms with van der Waals surface area (Å²) in [6, 6.07) is 26.9. The van der Waals surface area contributed by atoms with Gasteiger partial charge in [-0.15, -0.1) is 0 Å². The topological polar surface area (TPSA) is 61.8 Å². The van der Waals surface area contributed by atoms with Crippen LogP contribution in [0.4, 0.5) is 0 Å². The first-order valence-corrected chi connectivity index (χ1v) is 9.73. The second-order valence-electron chi connectivity index (χ2n) is 6.87. The first-order valence-electron chi connectivity index (χ1n) is 9.73. The van der Waals surface area contributed by atoms with Crippen LogP contribution in [0.5, 0.6) is 17.2 Å². The average molecular weight is 412 g/mol. The Labute approximate surface area is 179 Å². The molecule has 0 bridgehead atoms. The van der Waals surface area contributed by atoms with Crippen LogP contribution in [0, 0.1) is 0 Å². The number of ketones is 1. The quantitative estimate of drug-likeness (QED) is 0.289. The van der Waals surface area contributed by atoms with Gasteiger partial charge in [-0.2, -0.15) is 0 Å². The molecule has 31 heavy (non-hydrogen) atoms. The molecule has 0 saturated carbocycles. The number of hydrogen-bond acceptors (Lipinski definition) is 5. The fourth-order valence-corrected chi connectivity index (χ4v) is 3.13. The number of methoxy groups -OCH3 is 1. The molecule has 0 aliphatic rings. The molecular weight excluding hydrogens is 392 g/mol. The van der Waals surface area contributed by atoms with Gasteiger partial charge in [-0.3, -0.25) is 4.79 Å². The largest absolute Gasteiger partial charge is 0.497 e. The van der Waals surface area contributed by atoms with Gasteiger partial charge in [0.2, 0.25) is 0 Å². The minimum Gasteiger partial charge on any atom is -0.497 e. The maximum atomic E-state index is 12.5. The number of carbonyl (C=O) groups excluding carboxylic acids is 2. The molecule has 4 aromatic rings. The van der Waals surface area contributed by atoms with E-state index in [9.17, 15) is 9.59 Å². The number of ether oxygens (including phenoxy) is 3. The maximum Gasteiger partial charge on any atom is 0.338 e. The van der Waals surface area contributed by atoms with Gasteiger partial charge in [0.1, 0.15) is 17.2 Å². The van der Waals surface area contributed by atoms with Crippen molar-refractivity contribution in [3.8, 4) is 17.2 Å². The van der Waals surface area contributed by atoms with Crippen LogP contribution in [0.1, 0.15) is 20.7 Å². The van der Waals surface area contributed by atoms with Crippen molar-refractivity contribution in [2.24, 2.45) is 0 Å². The lowest BCUT2D eigenvalue weighted by Crippen LogP contribution is -2.14. The number of fused-ring (bicyclic) bond motifs is 1. The fourth-order valence-electron chi connectivity index (χ4n) is 3.13. The number of carbonyl (C=O) groups is 2. The van der Waals surface area contributed by atoms with E-state index < -0.39 is 5.97 Å².